The summed E-state index contributed by atoms with van der Waals surface area (Å²) in [6, 6.07) is 11.1. The molecule has 1 atom stereocenters. The molecule has 1 aromatic carbocycles. The minimum absolute atomic E-state index is 0.0233. The molecule has 1 heterocycles. The first kappa shape index (κ1) is 13.0. The van der Waals surface area contributed by atoms with Crippen LogP contribution < -0.4 is 5.56 Å². The molecule has 6 nitrogen and oxygen atoms in total. The lowest BCUT2D eigenvalue weighted by Gasteiger charge is -2.12. The third-order valence-electron chi connectivity index (χ3n) is 2.73. The number of hydrogen-bond donors (Lipinski definition) is 1. The van der Waals surface area contributed by atoms with Gasteiger partial charge in [0.05, 0.1) is 23.8 Å². The van der Waals surface area contributed by atoms with Crippen LogP contribution in [0.1, 0.15) is 11.7 Å². The van der Waals surface area contributed by atoms with Crippen molar-refractivity contribution >= 4 is 5.69 Å². The third kappa shape index (κ3) is 3.05. The van der Waals surface area contributed by atoms with Crippen molar-refractivity contribution in [1.82, 2.24) is 4.57 Å². The monoisotopic (exact) mass is 260 g/mol. The molecule has 2 aromatic rings. The molecule has 1 N–H and O–H groups in total. The van der Waals surface area contributed by atoms with E-state index in [0.717, 1.165) is 22.9 Å². The maximum atomic E-state index is 11.6. The molecule has 0 radical (unpaired) electrons. The molecule has 0 fully saturated rings. The summed E-state index contributed by atoms with van der Waals surface area (Å²) in [5.41, 5.74) is 0.0846. The smallest absolute Gasteiger partial charge is 0.285 e. The van der Waals surface area contributed by atoms with E-state index in [2.05, 4.69) is 0 Å². The van der Waals surface area contributed by atoms with E-state index in [4.69, 9.17) is 0 Å². The fourth-order valence-electron chi connectivity index (χ4n) is 1.74. The number of nitro groups is 1. The van der Waals surface area contributed by atoms with Crippen molar-refractivity contribution in [1.29, 1.82) is 0 Å². The van der Waals surface area contributed by atoms with Crippen LogP contribution in [0, 0.1) is 10.1 Å². The largest absolute Gasteiger partial charge is 0.387 e. The summed E-state index contributed by atoms with van der Waals surface area (Å²) in [4.78, 5) is 21.7. The van der Waals surface area contributed by atoms with Crippen LogP contribution >= 0.6 is 0 Å². The first-order valence-electron chi connectivity index (χ1n) is 5.66. The Morgan fingerprint density at radius 3 is 2.53 bits per heavy atom. The second-order valence-electron chi connectivity index (χ2n) is 4.06. The Morgan fingerprint density at radius 1 is 1.21 bits per heavy atom. The first-order valence-corrected chi connectivity index (χ1v) is 5.66. The van der Waals surface area contributed by atoms with E-state index in [-0.39, 0.29) is 17.8 Å². The molecule has 0 bridgehead atoms. The van der Waals surface area contributed by atoms with Crippen LogP contribution in [-0.2, 0) is 6.54 Å². The number of nitrogens with zero attached hydrogens (tertiary/aromatic N) is 2. The Hall–Kier alpha value is -2.47. The lowest BCUT2D eigenvalue weighted by atomic mass is 10.1. The van der Waals surface area contributed by atoms with Gasteiger partial charge in [-0.3, -0.25) is 14.9 Å². The lowest BCUT2D eigenvalue weighted by molar-refractivity contribution is -0.385. The summed E-state index contributed by atoms with van der Waals surface area (Å²) in [7, 11) is 0. The van der Waals surface area contributed by atoms with Crippen LogP contribution in [0.25, 0.3) is 0 Å². The molecule has 1 unspecified atom stereocenters. The van der Waals surface area contributed by atoms with E-state index in [1.807, 2.05) is 6.07 Å². The van der Waals surface area contributed by atoms with E-state index in [1.165, 1.54) is 0 Å². The molecule has 0 saturated carbocycles. The van der Waals surface area contributed by atoms with E-state index in [9.17, 15) is 20.0 Å². The number of aromatic nitrogens is 1. The van der Waals surface area contributed by atoms with Gasteiger partial charge in [0.1, 0.15) is 0 Å². The zero-order valence-corrected chi connectivity index (χ0v) is 9.97. The quantitative estimate of drug-likeness (QED) is 0.666. The molecule has 0 saturated heterocycles. The Kier molecular flexibility index (Phi) is 3.72. The van der Waals surface area contributed by atoms with Crippen molar-refractivity contribution in [2.75, 3.05) is 0 Å². The van der Waals surface area contributed by atoms with E-state index < -0.39 is 11.0 Å². The van der Waals surface area contributed by atoms with E-state index >= 15 is 0 Å². The number of hydrogen-bond acceptors (Lipinski definition) is 4. The van der Waals surface area contributed by atoms with E-state index in [1.54, 1.807) is 24.3 Å². The Labute approximate surface area is 108 Å². The average Bonchev–Trinajstić information content (AvgIpc) is 2.42. The molecular weight excluding hydrogens is 248 g/mol. The van der Waals surface area contributed by atoms with Gasteiger partial charge in [0.15, 0.2) is 0 Å². The van der Waals surface area contributed by atoms with Gasteiger partial charge in [-0.05, 0) is 5.56 Å². The molecular formula is C13H12N2O4. The van der Waals surface area contributed by atoms with Crippen LogP contribution in [-0.4, -0.2) is 14.6 Å². The normalized spacial score (nSPS) is 12.1. The molecule has 6 heteroatoms. The Morgan fingerprint density at radius 2 is 1.89 bits per heavy atom. The molecule has 2 rings (SSSR count). The maximum Gasteiger partial charge on any atom is 0.285 e. The summed E-state index contributed by atoms with van der Waals surface area (Å²) in [6.07, 6.45) is 0.245. The number of aliphatic hydroxyl groups excluding tert-OH is 1. The zero-order chi connectivity index (χ0) is 13.8. The Bertz CT molecular complexity index is 637. The number of aliphatic hydroxyl groups is 1. The predicted octanol–water partition coefficient (Wildman–Crippen LogP) is 1.49. The van der Waals surface area contributed by atoms with Crippen LogP contribution in [0.3, 0.4) is 0 Å². The topological polar surface area (TPSA) is 85.4 Å². The second kappa shape index (κ2) is 5.45. The molecule has 1 aromatic heterocycles. The summed E-state index contributed by atoms with van der Waals surface area (Å²) in [5.74, 6) is 0. The minimum atomic E-state index is -0.888. The van der Waals surface area contributed by atoms with Gasteiger partial charge in [-0.1, -0.05) is 30.3 Å². The van der Waals surface area contributed by atoms with Crippen LogP contribution in [0.4, 0.5) is 5.69 Å². The SMILES string of the molecule is O=c1ccc([N+](=O)[O-])cn1CC(O)c1ccccc1. The third-order valence-corrected chi connectivity index (χ3v) is 2.73. The molecule has 19 heavy (non-hydrogen) atoms. The van der Waals surface area contributed by atoms with Gasteiger partial charge in [0, 0.05) is 12.1 Å². The maximum absolute atomic E-state index is 11.6. The number of rotatable bonds is 4. The summed E-state index contributed by atoms with van der Waals surface area (Å²) in [5, 5.41) is 20.6. The minimum Gasteiger partial charge on any atom is -0.387 e. The summed E-state index contributed by atoms with van der Waals surface area (Å²) < 4.78 is 1.13. The van der Waals surface area contributed by atoms with Crippen LogP contribution in [0.2, 0.25) is 0 Å². The predicted molar refractivity (Wildman–Crippen MR) is 68.8 cm³/mol. The second-order valence-corrected chi connectivity index (χ2v) is 4.06. The van der Waals surface area contributed by atoms with Crippen molar-refractivity contribution in [3.8, 4) is 0 Å². The molecule has 0 spiro atoms. The van der Waals surface area contributed by atoms with Gasteiger partial charge < -0.3 is 9.67 Å². The molecule has 0 aliphatic carbocycles. The number of pyridine rings is 1. The van der Waals surface area contributed by atoms with Gasteiger partial charge in [0.25, 0.3) is 11.2 Å². The number of benzene rings is 1. The highest BCUT2D eigenvalue weighted by molar-refractivity contribution is 5.25. The highest BCUT2D eigenvalue weighted by Gasteiger charge is 2.12. The van der Waals surface area contributed by atoms with Crippen molar-refractivity contribution in [2.45, 2.75) is 12.6 Å². The lowest BCUT2D eigenvalue weighted by Crippen LogP contribution is -2.22. The summed E-state index contributed by atoms with van der Waals surface area (Å²) in [6.45, 7) is -0.0233. The molecule has 0 amide bonds. The van der Waals surface area contributed by atoms with E-state index in [0.29, 0.717) is 5.56 Å². The van der Waals surface area contributed by atoms with Crippen molar-refractivity contribution < 1.29 is 10.0 Å². The van der Waals surface area contributed by atoms with Crippen molar-refractivity contribution in [3.63, 3.8) is 0 Å². The van der Waals surface area contributed by atoms with Crippen LogP contribution in [0.5, 0.6) is 0 Å². The molecule has 0 aliphatic rings. The zero-order valence-electron chi connectivity index (χ0n) is 9.97. The first-order chi connectivity index (χ1) is 9.08. The molecule has 98 valence electrons. The van der Waals surface area contributed by atoms with Gasteiger partial charge in [-0.25, -0.2) is 0 Å². The van der Waals surface area contributed by atoms with Crippen molar-refractivity contribution in [3.05, 3.63) is 74.7 Å². The van der Waals surface area contributed by atoms with Crippen molar-refractivity contribution in [2.24, 2.45) is 0 Å². The highest BCUT2D eigenvalue weighted by atomic mass is 16.6. The van der Waals surface area contributed by atoms with Gasteiger partial charge in [-0.2, -0.15) is 0 Å². The fraction of sp³-hybridized carbons (Fsp3) is 0.154. The molecule has 0 aliphatic heterocycles. The Balaban J connectivity index is 2.26. The van der Waals surface area contributed by atoms with Gasteiger partial charge in [-0.15, -0.1) is 0 Å². The van der Waals surface area contributed by atoms with Crippen LogP contribution in [0.15, 0.2) is 53.5 Å². The average molecular weight is 260 g/mol. The highest BCUT2D eigenvalue weighted by Crippen LogP contribution is 2.15. The van der Waals surface area contributed by atoms with Gasteiger partial charge in [0.2, 0.25) is 0 Å². The summed E-state index contributed by atoms with van der Waals surface area (Å²) >= 11 is 0. The standard InChI is InChI=1S/C13H12N2O4/c16-12(10-4-2-1-3-5-10)9-14-8-11(15(18)19)6-7-13(14)17/h1-8,12,16H,9H2. The van der Waals surface area contributed by atoms with Gasteiger partial charge >= 0.3 is 0 Å². The fourth-order valence-corrected chi connectivity index (χ4v) is 1.74.